The summed E-state index contributed by atoms with van der Waals surface area (Å²) in [5, 5.41) is 12.8. The number of fused-ring (bicyclic) bond motifs is 1. The number of benzene rings is 2. The second kappa shape index (κ2) is 9.44. The van der Waals surface area contributed by atoms with E-state index in [1.165, 1.54) is 6.07 Å². The zero-order valence-corrected chi connectivity index (χ0v) is 21.4. The first kappa shape index (κ1) is 25.2. The minimum Gasteiger partial charge on any atom is -0.444 e. The van der Waals surface area contributed by atoms with Crippen molar-refractivity contribution in [2.24, 2.45) is 0 Å². The SMILES string of the molecule is CC(C)(C)OC(=O)N1CCN(c2ccc([N+](=O)[O-])c(C3=C(c4c[nH]c5ccccc45)C(=O)CC3=O)c2)CC1. The maximum Gasteiger partial charge on any atom is 0.410 e. The lowest BCUT2D eigenvalue weighted by molar-refractivity contribution is -0.385. The molecule has 1 amide bonds. The highest BCUT2D eigenvalue weighted by atomic mass is 16.6. The Morgan fingerprint density at radius 1 is 0.974 bits per heavy atom. The summed E-state index contributed by atoms with van der Waals surface area (Å²) >= 11 is 0. The van der Waals surface area contributed by atoms with E-state index in [1.807, 2.05) is 49.9 Å². The number of carbonyl (C=O) groups excluding carboxylic acids is 3. The Kier molecular flexibility index (Phi) is 6.26. The molecule has 2 aliphatic rings. The van der Waals surface area contributed by atoms with Crippen LogP contribution < -0.4 is 4.90 Å². The highest BCUT2D eigenvalue weighted by Gasteiger charge is 2.37. The van der Waals surface area contributed by atoms with Crippen LogP contribution in [0.5, 0.6) is 0 Å². The first-order chi connectivity index (χ1) is 18.0. The van der Waals surface area contributed by atoms with Crippen molar-refractivity contribution in [3.63, 3.8) is 0 Å². The number of hydrogen-bond acceptors (Lipinski definition) is 7. The molecule has 196 valence electrons. The first-order valence-electron chi connectivity index (χ1n) is 12.4. The third-order valence-electron chi connectivity index (χ3n) is 6.73. The molecule has 5 rings (SSSR count). The first-order valence-corrected chi connectivity index (χ1v) is 12.4. The van der Waals surface area contributed by atoms with Crippen LogP contribution in [0.15, 0.2) is 48.7 Å². The van der Waals surface area contributed by atoms with E-state index in [1.54, 1.807) is 23.2 Å². The number of ketones is 2. The van der Waals surface area contributed by atoms with Gasteiger partial charge in [-0.2, -0.15) is 0 Å². The van der Waals surface area contributed by atoms with Gasteiger partial charge in [-0.05, 0) is 39.0 Å². The second-order valence-corrected chi connectivity index (χ2v) is 10.4. The lowest BCUT2D eigenvalue weighted by Gasteiger charge is -2.36. The molecule has 2 aromatic carbocycles. The smallest absolute Gasteiger partial charge is 0.410 e. The predicted molar refractivity (Wildman–Crippen MR) is 143 cm³/mol. The van der Waals surface area contributed by atoms with Gasteiger partial charge < -0.3 is 19.5 Å². The highest BCUT2D eigenvalue weighted by Crippen LogP contribution is 2.42. The number of nitro benzene ring substituents is 1. The lowest BCUT2D eigenvalue weighted by Crippen LogP contribution is -2.50. The molecule has 0 bridgehead atoms. The number of ether oxygens (including phenoxy) is 1. The number of allylic oxidation sites excluding steroid dienone is 2. The number of hydrogen-bond donors (Lipinski definition) is 1. The van der Waals surface area contributed by atoms with Crippen LogP contribution in [-0.2, 0) is 14.3 Å². The van der Waals surface area contributed by atoms with E-state index in [2.05, 4.69) is 4.98 Å². The summed E-state index contributed by atoms with van der Waals surface area (Å²) in [6, 6.07) is 12.0. The van der Waals surface area contributed by atoms with Crippen LogP contribution in [0.2, 0.25) is 0 Å². The molecule has 1 fully saturated rings. The number of amides is 1. The molecule has 1 saturated heterocycles. The van der Waals surface area contributed by atoms with Gasteiger partial charge in [-0.15, -0.1) is 0 Å². The van der Waals surface area contributed by atoms with Gasteiger partial charge in [0.2, 0.25) is 0 Å². The van der Waals surface area contributed by atoms with Crippen molar-refractivity contribution in [2.45, 2.75) is 32.8 Å². The van der Waals surface area contributed by atoms with Crippen molar-refractivity contribution in [2.75, 3.05) is 31.1 Å². The van der Waals surface area contributed by atoms with Crippen molar-refractivity contribution in [1.29, 1.82) is 0 Å². The fraction of sp³-hybridized carbons (Fsp3) is 0.321. The number of carbonyl (C=O) groups is 3. The van der Waals surface area contributed by atoms with Crippen molar-refractivity contribution in [1.82, 2.24) is 9.88 Å². The summed E-state index contributed by atoms with van der Waals surface area (Å²) < 4.78 is 5.46. The number of piperazine rings is 1. The van der Waals surface area contributed by atoms with Crippen molar-refractivity contribution in [3.05, 3.63) is 69.9 Å². The third-order valence-corrected chi connectivity index (χ3v) is 6.73. The van der Waals surface area contributed by atoms with E-state index in [0.717, 1.165) is 10.9 Å². The monoisotopic (exact) mass is 516 g/mol. The topological polar surface area (TPSA) is 126 Å². The molecular weight excluding hydrogens is 488 g/mol. The van der Waals surface area contributed by atoms with Gasteiger partial charge in [-0.1, -0.05) is 18.2 Å². The number of anilines is 1. The molecule has 2 heterocycles. The van der Waals surface area contributed by atoms with E-state index in [-0.39, 0.29) is 40.7 Å². The quantitative estimate of drug-likeness (QED) is 0.305. The highest BCUT2D eigenvalue weighted by molar-refractivity contribution is 6.52. The van der Waals surface area contributed by atoms with Crippen LogP contribution in [-0.4, -0.2) is 64.2 Å². The third kappa shape index (κ3) is 4.65. The largest absolute Gasteiger partial charge is 0.444 e. The molecule has 3 aromatic rings. The van der Waals surface area contributed by atoms with Gasteiger partial charge in [0.15, 0.2) is 11.6 Å². The fourth-order valence-corrected chi connectivity index (χ4v) is 5.00. The average Bonchev–Trinajstić information content (AvgIpc) is 3.41. The summed E-state index contributed by atoms with van der Waals surface area (Å²) in [5.74, 6) is -0.800. The minimum atomic E-state index is -0.594. The predicted octanol–water partition coefficient (Wildman–Crippen LogP) is 4.59. The van der Waals surface area contributed by atoms with E-state index < -0.39 is 16.3 Å². The van der Waals surface area contributed by atoms with Crippen LogP contribution >= 0.6 is 0 Å². The molecule has 1 aliphatic heterocycles. The zero-order chi connectivity index (χ0) is 27.2. The number of H-pyrrole nitrogens is 1. The molecule has 38 heavy (non-hydrogen) atoms. The molecule has 0 atom stereocenters. The van der Waals surface area contributed by atoms with E-state index in [0.29, 0.717) is 37.4 Å². The number of aromatic amines is 1. The second-order valence-electron chi connectivity index (χ2n) is 10.4. The van der Waals surface area contributed by atoms with Gasteiger partial charge in [-0.25, -0.2) is 4.79 Å². The Morgan fingerprint density at radius 2 is 1.63 bits per heavy atom. The number of rotatable bonds is 4. The number of nitrogens with one attached hydrogen (secondary N) is 1. The number of aromatic nitrogens is 1. The van der Waals surface area contributed by atoms with Gasteiger partial charge in [0.1, 0.15) is 5.60 Å². The van der Waals surface area contributed by atoms with E-state index >= 15 is 0 Å². The summed E-state index contributed by atoms with van der Waals surface area (Å²) in [7, 11) is 0. The Morgan fingerprint density at radius 3 is 2.29 bits per heavy atom. The Bertz CT molecular complexity index is 1510. The average molecular weight is 517 g/mol. The molecule has 0 unspecified atom stereocenters. The fourth-order valence-electron chi connectivity index (χ4n) is 5.00. The van der Waals surface area contributed by atoms with Gasteiger partial charge in [0.05, 0.1) is 16.9 Å². The Hall–Kier alpha value is -4.47. The molecule has 0 radical (unpaired) electrons. The molecule has 0 spiro atoms. The summed E-state index contributed by atoms with van der Waals surface area (Å²) in [5.41, 5.74) is 1.58. The Labute approximate surface area is 219 Å². The zero-order valence-electron chi connectivity index (χ0n) is 21.4. The molecule has 1 aliphatic carbocycles. The summed E-state index contributed by atoms with van der Waals surface area (Å²) in [6.07, 6.45) is 0.951. The molecule has 1 aromatic heterocycles. The van der Waals surface area contributed by atoms with Crippen LogP contribution in [0.25, 0.3) is 22.0 Å². The van der Waals surface area contributed by atoms with Gasteiger partial charge >= 0.3 is 6.09 Å². The normalized spacial score (nSPS) is 16.5. The molecule has 0 saturated carbocycles. The van der Waals surface area contributed by atoms with Crippen molar-refractivity contribution in [3.8, 4) is 0 Å². The van der Waals surface area contributed by atoms with Gasteiger partial charge in [0, 0.05) is 71.7 Å². The molecule has 1 N–H and O–H groups in total. The minimum absolute atomic E-state index is 0.0701. The number of nitro groups is 1. The van der Waals surface area contributed by atoms with Crippen LogP contribution in [0.1, 0.15) is 38.3 Å². The maximum atomic E-state index is 13.1. The Balaban J connectivity index is 1.53. The van der Waals surface area contributed by atoms with Crippen LogP contribution in [0, 0.1) is 10.1 Å². The molecule has 10 heteroatoms. The standard InChI is InChI=1S/C28H28N4O6/c1-28(2,3)38-27(35)31-12-10-30(11-13-31)17-8-9-22(32(36)37)19(14-17)25-23(33)15-24(34)26(25)20-16-29-21-7-5-4-6-18(20)21/h4-9,14,16,29H,10-13,15H2,1-3H3. The maximum absolute atomic E-state index is 13.1. The van der Waals surface area contributed by atoms with Gasteiger partial charge in [-0.3, -0.25) is 19.7 Å². The number of Topliss-reactive ketones (excluding diaryl/α,β-unsaturated/α-hetero) is 2. The van der Waals surface area contributed by atoms with Crippen molar-refractivity contribution < 1.29 is 24.0 Å². The van der Waals surface area contributed by atoms with Crippen LogP contribution in [0.3, 0.4) is 0 Å². The van der Waals surface area contributed by atoms with E-state index in [4.69, 9.17) is 4.74 Å². The summed E-state index contributed by atoms with van der Waals surface area (Å²) in [6.45, 7) is 7.24. The molecular formula is C28H28N4O6. The molecule has 10 nitrogen and oxygen atoms in total. The van der Waals surface area contributed by atoms with E-state index in [9.17, 15) is 24.5 Å². The summed E-state index contributed by atoms with van der Waals surface area (Å²) in [4.78, 5) is 56.9. The van der Waals surface area contributed by atoms with Crippen LogP contribution in [0.4, 0.5) is 16.2 Å². The number of para-hydroxylation sites is 1. The lowest BCUT2D eigenvalue weighted by atomic mass is 9.94. The van der Waals surface area contributed by atoms with Gasteiger partial charge in [0.25, 0.3) is 5.69 Å². The number of nitrogens with zero attached hydrogens (tertiary/aromatic N) is 3. The van der Waals surface area contributed by atoms with Crippen molar-refractivity contribution >= 4 is 51.1 Å².